The third-order valence-electron chi connectivity index (χ3n) is 7.06. The third-order valence-corrected chi connectivity index (χ3v) is 7.06. The maximum Gasteiger partial charge on any atom is 0.333 e. The van der Waals surface area contributed by atoms with Gasteiger partial charge in [-0.2, -0.15) is 0 Å². The topological polar surface area (TPSA) is 126 Å². The number of rotatable bonds is 10. The fourth-order valence-corrected chi connectivity index (χ4v) is 5.11. The van der Waals surface area contributed by atoms with Crippen LogP contribution in [0.4, 0.5) is 0 Å². The fourth-order valence-electron chi connectivity index (χ4n) is 5.11. The highest BCUT2D eigenvalue weighted by Gasteiger charge is 2.23. The molecule has 0 saturated carbocycles. The van der Waals surface area contributed by atoms with Crippen LogP contribution in [0.25, 0.3) is 11.2 Å². The molecule has 208 valence electrons. The molecule has 0 unspecified atom stereocenters. The van der Waals surface area contributed by atoms with Crippen molar-refractivity contribution in [2.45, 2.75) is 44.9 Å². The maximum atomic E-state index is 13.4. The zero-order valence-corrected chi connectivity index (χ0v) is 22.2. The molecule has 2 aromatic carbocycles. The Morgan fingerprint density at radius 1 is 1.05 bits per heavy atom. The molecule has 0 bridgehead atoms. The molecule has 11 nitrogen and oxygen atoms in total. The molecule has 0 spiro atoms. The first-order chi connectivity index (χ1) is 19.5. The molecule has 1 N–H and O–H groups in total. The minimum absolute atomic E-state index is 0.151. The number of aromatic nitrogens is 4. The highest BCUT2D eigenvalue weighted by atomic mass is 16.5. The second kappa shape index (κ2) is 12.1. The van der Waals surface area contributed by atoms with Crippen LogP contribution in [0.1, 0.15) is 35.6 Å². The summed E-state index contributed by atoms with van der Waals surface area (Å²) in [4.78, 5) is 56.6. The SMILES string of the molecule is COCCn1cnc2c1c(=O)n(CC(=O)OCC(=O)N[C@@H]1CCCc3ccccc31)c(=O)n2Cc1ccccc1. The second-order valence-electron chi connectivity index (χ2n) is 9.72. The molecule has 11 heteroatoms. The highest BCUT2D eigenvalue weighted by molar-refractivity contribution is 5.81. The Morgan fingerprint density at radius 3 is 2.62 bits per heavy atom. The van der Waals surface area contributed by atoms with E-state index < -0.39 is 36.3 Å². The van der Waals surface area contributed by atoms with Crippen molar-refractivity contribution in [2.75, 3.05) is 20.3 Å². The van der Waals surface area contributed by atoms with Crippen LogP contribution in [0.5, 0.6) is 0 Å². The second-order valence-corrected chi connectivity index (χ2v) is 9.72. The number of hydrogen-bond acceptors (Lipinski definition) is 7. The van der Waals surface area contributed by atoms with Crippen LogP contribution in [-0.2, 0) is 45.1 Å². The maximum absolute atomic E-state index is 13.4. The van der Waals surface area contributed by atoms with E-state index in [4.69, 9.17) is 9.47 Å². The Kier molecular flexibility index (Phi) is 8.20. The van der Waals surface area contributed by atoms with Crippen molar-refractivity contribution < 1.29 is 19.1 Å². The number of methoxy groups -OCH3 is 1. The van der Waals surface area contributed by atoms with Gasteiger partial charge in [0.05, 0.1) is 25.5 Å². The molecule has 1 aliphatic carbocycles. The summed E-state index contributed by atoms with van der Waals surface area (Å²) in [6.45, 7) is -0.347. The van der Waals surface area contributed by atoms with Gasteiger partial charge in [-0.1, -0.05) is 54.6 Å². The Hall–Kier alpha value is -4.51. The van der Waals surface area contributed by atoms with Gasteiger partial charge in [0.25, 0.3) is 11.5 Å². The lowest BCUT2D eigenvalue weighted by Crippen LogP contribution is -2.43. The first kappa shape index (κ1) is 27.1. The average molecular weight is 546 g/mol. The van der Waals surface area contributed by atoms with Crippen molar-refractivity contribution in [1.29, 1.82) is 0 Å². The Morgan fingerprint density at radius 2 is 1.82 bits per heavy atom. The van der Waals surface area contributed by atoms with Crippen molar-refractivity contribution >= 4 is 23.0 Å². The molecule has 5 rings (SSSR count). The van der Waals surface area contributed by atoms with Gasteiger partial charge in [0, 0.05) is 13.7 Å². The first-order valence-electron chi connectivity index (χ1n) is 13.2. The molecule has 40 heavy (non-hydrogen) atoms. The molecule has 1 aliphatic rings. The number of esters is 1. The Labute approximate surface area is 230 Å². The molecule has 0 saturated heterocycles. The normalized spacial score (nSPS) is 14.6. The number of ether oxygens (including phenoxy) is 2. The number of hydrogen-bond donors (Lipinski definition) is 1. The van der Waals surface area contributed by atoms with Crippen LogP contribution in [0.2, 0.25) is 0 Å². The van der Waals surface area contributed by atoms with Crippen molar-refractivity contribution in [1.82, 2.24) is 24.0 Å². The summed E-state index contributed by atoms with van der Waals surface area (Å²) in [5.74, 6) is -1.32. The summed E-state index contributed by atoms with van der Waals surface area (Å²) in [5, 5.41) is 2.93. The van der Waals surface area contributed by atoms with E-state index >= 15 is 0 Å². The molecular formula is C29H31N5O6. The molecule has 0 aliphatic heterocycles. The highest BCUT2D eigenvalue weighted by Crippen LogP contribution is 2.29. The molecule has 1 atom stereocenters. The van der Waals surface area contributed by atoms with Crippen LogP contribution < -0.4 is 16.6 Å². The standard InChI is InChI=1S/C29H31N5O6/c1-39-15-14-32-19-30-27-26(32)28(37)34(29(38)33(27)16-20-8-3-2-4-9-20)17-25(36)40-18-24(35)31-23-13-7-11-21-10-5-6-12-22(21)23/h2-6,8-10,12,19,23H,7,11,13-18H2,1H3,(H,31,35)/t23-/m1/s1. The molecule has 4 aromatic rings. The molecule has 0 radical (unpaired) electrons. The first-order valence-corrected chi connectivity index (χ1v) is 13.2. The molecule has 0 fully saturated rings. The van der Waals surface area contributed by atoms with E-state index in [1.807, 2.05) is 54.6 Å². The zero-order chi connectivity index (χ0) is 28.1. The summed E-state index contributed by atoms with van der Waals surface area (Å²) in [6.07, 6.45) is 4.18. The lowest BCUT2D eigenvalue weighted by Gasteiger charge is -2.26. The van der Waals surface area contributed by atoms with Gasteiger partial charge in [0.2, 0.25) is 0 Å². The fraction of sp³-hybridized carbons (Fsp3) is 0.345. The third kappa shape index (κ3) is 5.74. The quantitative estimate of drug-likeness (QED) is 0.301. The van der Waals surface area contributed by atoms with Crippen LogP contribution in [0.15, 0.2) is 70.5 Å². The lowest BCUT2D eigenvalue weighted by atomic mass is 9.88. The predicted octanol–water partition coefficient (Wildman–Crippen LogP) is 1.79. The van der Waals surface area contributed by atoms with E-state index in [0.717, 1.165) is 35.0 Å². The van der Waals surface area contributed by atoms with Crippen LogP contribution >= 0.6 is 0 Å². The largest absolute Gasteiger partial charge is 0.454 e. The summed E-state index contributed by atoms with van der Waals surface area (Å²) >= 11 is 0. The van der Waals surface area contributed by atoms with Crippen LogP contribution in [-0.4, -0.2) is 50.9 Å². The number of fused-ring (bicyclic) bond motifs is 2. The average Bonchev–Trinajstić information content (AvgIpc) is 3.40. The minimum Gasteiger partial charge on any atom is -0.454 e. The van der Waals surface area contributed by atoms with E-state index in [0.29, 0.717) is 13.2 Å². The number of benzene rings is 2. The number of nitrogens with zero attached hydrogens (tertiary/aromatic N) is 4. The van der Waals surface area contributed by atoms with Gasteiger partial charge in [-0.05, 0) is 36.0 Å². The van der Waals surface area contributed by atoms with Crippen molar-refractivity contribution in [3.05, 3.63) is 98.5 Å². The van der Waals surface area contributed by atoms with Gasteiger partial charge in [0.1, 0.15) is 6.54 Å². The van der Waals surface area contributed by atoms with Gasteiger partial charge in [-0.25, -0.2) is 14.3 Å². The molecule has 1 amide bonds. The van der Waals surface area contributed by atoms with Crippen molar-refractivity contribution in [2.24, 2.45) is 0 Å². The summed E-state index contributed by atoms with van der Waals surface area (Å²) in [7, 11) is 1.54. The van der Waals surface area contributed by atoms with Gasteiger partial charge in [0.15, 0.2) is 17.8 Å². The van der Waals surface area contributed by atoms with Gasteiger partial charge in [-0.15, -0.1) is 0 Å². The van der Waals surface area contributed by atoms with Gasteiger partial charge < -0.3 is 19.4 Å². The van der Waals surface area contributed by atoms with E-state index in [1.54, 1.807) is 11.7 Å². The van der Waals surface area contributed by atoms with E-state index in [-0.39, 0.29) is 23.8 Å². The smallest absolute Gasteiger partial charge is 0.333 e. The van der Waals surface area contributed by atoms with Crippen LogP contribution in [0, 0.1) is 0 Å². The Balaban J connectivity index is 1.35. The summed E-state index contributed by atoms with van der Waals surface area (Å²) < 4.78 is 14.1. The minimum atomic E-state index is -0.869. The van der Waals surface area contributed by atoms with Crippen molar-refractivity contribution in [3.8, 4) is 0 Å². The lowest BCUT2D eigenvalue weighted by molar-refractivity contribution is -0.149. The number of carbonyl (C=O) groups is 2. The van der Waals surface area contributed by atoms with Crippen LogP contribution in [0.3, 0.4) is 0 Å². The number of imidazole rings is 1. The van der Waals surface area contributed by atoms with Gasteiger partial charge in [-0.3, -0.25) is 19.0 Å². The zero-order valence-electron chi connectivity index (χ0n) is 22.2. The molecule has 2 heterocycles. The number of nitrogens with one attached hydrogen (secondary N) is 1. The number of carbonyl (C=O) groups excluding carboxylic acids is 2. The molecule has 2 aromatic heterocycles. The number of amides is 1. The summed E-state index contributed by atoms with van der Waals surface area (Å²) in [5.41, 5.74) is 2.11. The number of aryl methyl sites for hydroxylation is 1. The van der Waals surface area contributed by atoms with Gasteiger partial charge >= 0.3 is 11.7 Å². The molecular weight excluding hydrogens is 514 g/mol. The van der Waals surface area contributed by atoms with E-state index in [9.17, 15) is 19.2 Å². The monoisotopic (exact) mass is 545 g/mol. The van der Waals surface area contributed by atoms with Crippen molar-refractivity contribution in [3.63, 3.8) is 0 Å². The van der Waals surface area contributed by atoms with E-state index in [1.165, 1.54) is 16.5 Å². The van der Waals surface area contributed by atoms with E-state index in [2.05, 4.69) is 10.3 Å². The summed E-state index contributed by atoms with van der Waals surface area (Å²) in [6, 6.07) is 17.1. The predicted molar refractivity (Wildman–Crippen MR) is 147 cm³/mol. The Bertz CT molecular complexity index is 1640.